The number of aliphatic carboxylic acids is 1. The summed E-state index contributed by atoms with van der Waals surface area (Å²) in [6.45, 7) is 3.64. The highest BCUT2D eigenvalue weighted by Crippen LogP contribution is 2.17. The van der Waals surface area contributed by atoms with Gasteiger partial charge in [-0.25, -0.2) is 13.1 Å². The van der Waals surface area contributed by atoms with Gasteiger partial charge in [-0.3, -0.25) is 4.79 Å². The minimum absolute atomic E-state index is 0.370. The van der Waals surface area contributed by atoms with Crippen molar-refractivity contribution in [2.75, 3.05) is 5.75 Å². The molecule has 0 fully saturated rings. The minimum atomic E-state index is -3.57. The molecule has 0 amide bonds. The number of sulfonamides is 1. The van der Waals surface area contributed by atoms with E-state index < -0.39 is 28.2 Å². The first-order chi connectivity index (χ1) is 8.32. The van der Waals surface area contributed by atoms with Gasteiger partial charge in [0.05, 0.1) is 12.2 Å². The predicted octanol–water partition coefficient (Wildman–Crippen LogP) is 1.45. The maximum absolute atomic E-state index is 11.7. The van der Waals surface area contributed by atoms with Crippen LogP contribution in [-0.4, -0.2) is 25.2 Å². The van der Waals surface area contributed by atoms with E-state index in [-0.39, 0.29) is 6.04 Å². The fraction of sp³-hybridized carbons (Fsp3) is 0.417. The molecule has 0 saturated carbocycles. The van der Waals surface area contributed by atoms with Crippen LogP contribution >= 0.6 is 0 Å². The van der Waals surface area contributed by atoms with Gasteiger partial charge >= 0.3 is 5.97 Å². The Morgan fingerprint density at radius 1 is 1.39 bits per heavy atom. The second-order valence-electron chi connectivity index (χ2n) is 4.16. The van der Waals surface area contributed by atoms with Gasteiger partial charge in [-0.05, 0) is 25.0 Å². The van der Waals surface area contributed by atoms with Crippen LogP contribution in [0.4, 0.5) is 0 Å². The van der Waals surface area contributed by atoms with E-state index in [4.69, 9.17) is 5.11 Å². The van der Waals surface area contributed by atoms with Crippen molar-refractivity contribution in [3.63, 3.8) is 0 Å². The normalized spacial score (nSPS) is 13.2. The molecule has 5 nitrogen and oxygen atoms in total. The van der Waals surface area contributed by atoms with Gasteiger partial charge in [0, 0.05) is 6.04 Å². The fourth-order valence-electron chi connectivity index (χ4n) is 1.69. The molecule has 0 bridgehead atoms. The zero-order valence-corrected chi connectivity index (χ0v) is 11.2. The molecule has 1 atom stereocenters. The number of carboxylic acid groups (broad SMARTS) is 1. The Hall–Kier alpha value is -1.40. The summed E-state index contributed by atoms with van der Waals surface area (Å²) < 4.78 is 25.8. The molecular formula is C12H17NO4S. The average molecular weight is 271 g/mol. The number of hydrogen-bond acceptors (Lipinski definition) is 3. The van der Waals surface area contributed by atoms with E-state index in [1.54, 1.807) is 6.92 Å². The molecule has 100 valence electrons. The first-order valence-corrected chi connectivity index (χ1v) is 7.24. The van der Waals surface area contributed by atoms with E-state index in [2.05, 4.69) is 4.72 Å². The van der Waals surface area contributed by atoms with Gasteiger partial charge in [0.25, 0.3) is 0 Å². The molecule has 18 heavy (non-hydrogen) atoms. The molecule has 1 aromatic carbocycles. The summed E-state index contributed by atoms with van der Waals surface area (Å²) in [6.07, 6.45) is -0.393. The van der Waals surface area contributed by atoms with Gasteiger partial charge in [0.2, 0.25) is 10.0 Å². The van der Waals surface area contributed by atoms with Crippen molar-refractivity contribution in [2.24, 2.45) is 0 Å². The number of aryl methyl sites for hydroxylation is 1. The Morgan fingerprint density at radius 2 is 2.00 bits per heavy atom. The molecule has 0 spiro atoms. The Kier molecular flexibility index (Phi) is 4.86. The summed E-state index contributed by atoms with van der Waals surface area (Å²) in [5.41, 5.74) is 1.88. The highest BCUT2D eigenvalue weighted by atomic mass is 32.2. The quantitative estimate of drug-likeness (QED) is 0.820. The Balaban J connectivity index is 2.73. The Bertz CT molecular complexity index is 525. The van der Waals surface area contributed by atoms with E-state index in [0.29, 0.717) is 0 Å². The van der Waals surface area contributed by atoms with Crippen LogP contribution in [0.3, 0.4) is 0 Å². The monoisotopic (exact) mass is 271 g/mol. The van der Waals surface area contributed by atoms with Crippen molar-refractivity contribution < 1.29 is 18.3 Å². The minimum Gasteiger partial charge on any atom is -0.481 e. The number of rotatable bonds is 6. The van der Waals surface area contributed by atoms with Gasteiger partial charge in [-0.1, -0.05) is 24.3 Å². The van der Waals surface area contributed by atoms with Gasteiger partial charge in [0.1, 0.15) is 0 Å². The van der Waals surface area contributed by atoms with E-state index in [1.807, 2.05) is 31.2 Å². The lowest BCUT2D eigenvalue weighted by molar-refractivity contribution is -0.136. The van der Waals surface area contributed by atoms with E-state index >= 15 is 0 Å². The van der Waals surface area contributed by atoms with Gasteiger partial charge < -0.3 is 5.11 Å². The van der Waals surface area contributed by atoms with Crippen molar-refractivity contribution in [3.05, 3.63) is 35.4 Å². The van der Waals surface area contributed by atoms with Crippen LogP contribution in [0.15, 0.2) is 24.3 Å². The van der Waals surface area contributed by atoms with Crippen LogP contribution in [-0.2, 0) is 14.8 Å². The summed E-state index contributed by atoms with van der Waals surface area (Å²) in [5, 5.41) is 8.48. The highest BCUT2D eigenvalue weighted by molar-refractivity contribution is 7.89. The van der Waals surface area contributed by atoms with Crippen molar-refractivity contribution in [1.82, 2.24) is 4.72 Å². The fourth-order valence-corrected chi connectivity index (χ4v) is 2.91. The first kappa shape index (κ1) is 14.7. The zero-order valence-electron chi connectivity index (χ0n) is 10.4. The number of carboxylic acids is 1. The number of nitrogens with one attached hydrogen (secondary N) is 1. The summed E-state index contributed by atoms with van der Waals surface area (Å²) in [4.78, 5) is 10.4. The van der Waals surface area contributed by atoms with E-state index in [0.717, 1.165) is 11.1 Å². The lowest BCUT2D eigenvalue weighted by atomic mass is 10.0. The number of carbonyl (C=O) groups is 1. The zero-order chi connectivity index (χ0) is 13.8. The molecule has 6 heteroatoms. The van der Waals surface area contributed by atoms with Crippen LogP contribution in [0.25, 0.3) is 0 Å². The molecule has 0 aromatic heterocycles. The third-order valence-corrected chi connectivity index (χ3v) is 4.05. The number of hydrogen-bond donors (Lipinski definition) is 2. The molecule has 0 aliphatic heterocycles. The molecule has 0 saturated heterocycles. The third kappa shape index (κ3) is 4.46. The van der Waals surface area contributed by atoms with E-state index in [9.17, 15) is 13.2 Å². The molecule has 2 N–H and O–H groups in total. The third-order valence-electron chi connectivity index (χ3n) is 2.60. The summed E-state index contributed by atoms with van der Waals surface area (Å²) in [7, 11) is -3.57. The van der Waals surface area contributed by atoms with Gasteiger partial charge in [0.15, 0.2) is 0 Å². The smallest absolute Gasteiger partial charge is 0.304 e. The molecule has 0 aliphatic carbocycles. The summed E-state index contributed by atoms with van der Waals surface area (Å²) >= 11 is 0. The summed E-state index contributed by atoms with van der Waals surface area (Å²) in [6, 6.07) is 7.09. The molecule has 0 radical (unpaired) electrons. The largest absolute Gasteiger partial charge is 0.481 e. The molecule has 1 aromatic rings. The average Bonchev–Trinajstić information content (AvgIpc) is 2.26. The highest BCUT2D eigenvalue weighted by Gasteiger charge is 2.17. The van der Waals surface area contributed by atoms with Crippen LogP contribution < -0.4 is 4.72 Å². The van der Waals surface area contributed by atoms with Crippen molar-refractivity contribution >= 4 is 16.0 Å². The molecule has 1 unspecified atom stereocenters. The lowest BCUT2D eigenvalue weighted by Crippen LogP contribution is -2.30. The maximum atomic E-state index is 11.7. The van der Waals surface area contributed by atoms with Crippen LogP contribution in [0.5, 0.6) is 0 Å². The molecule has 0 aliphatic rings. The van der Waals surface area contributed by atoms with Crippen LogP contribution in [0.1, 0.15) is 30.5 Å². The van der Waals surface area contributed by atoms with Gasteiger partial charge in [-0.15, -0.1) is 0 Å². The predicted molar refractivity (Wildman–Crippen MR) is 68.8 cm³/mol. The van der Waals surface area contributed by atoms with Gasteiger partial charge in [-0.2, -0.15) is 0 Å². The Labute approximate surface area is 107 Å². The van der Waals surface area contributed by atoms with E-state index in [1.165, 1.54) is 0 Å². The molecule has 1 rings (SSSR count). The van der Waals surface area contributed by atoms with Crippen molar-refractivity contribution in [2.45, 2.75) is 26.3 Å². The standard InChI is InChI=1S/C12H17NO4S/c1-9-5-3-4-6-11(9)10(2)13-18(16,17)8-7-12(14)15/h3-6,10,13H,7-8H2,1-2H3,(H,14,15). The van der Waals surface area contributed by atoms with Crippen molar-refractivity contribution in [1.29, 1.82) is 0 Å². The van der Waals surface area contributed by atoms with Crippen molar-refractivity contribution in [3.8, 4) is 0 Å². The van der Waals surface area contributed by atoms with Crippen LogP contribution in [0, 0.1) is 6.92 Å². The first-order valence-electron chi connectivity index (χ1n) is 5.59. The summed E-state index contributed by atoms with van der Waals surface area (Å²) in [5.74, 6) is -1.53. The lowest BCUT2D eigenvalue weighted by Gasteiger charge is -2.16. The topological polar surface area (TPSA) is 83.5 Å². The molecule has 0 heterocycles. The van der Waals surface area contributed by atoms with Crippen LogP contribution in [0.2, 0.25) is 0 Å². The second kappa shape index (κ2) is 5.97. The number of benzene rings is 1. The second-order valence-corrected chi connectivity index (χ2v) is 6.03. The SMILES string of the molecule is Cc1ccccc1C(C)NS(=O)(=O)CCC(=O)O. The maximum Gasteiger partial charge on any atom is 0.304 e. The Morgan fingerprint density at radius 3 is 2.56 bits per heavy atom. The molecular weight excluding hydrogens is 254 g/mol.